The average molecular weight is 487 g/mol. The van der Waals surface area contributed by atoms with Gasteiger partial charge in [-0.2, -0.15) is 0 Å². The molecule has 0 spiro atoms. The van der Waals surface area contributed by atoms with Crippen molar-refractivity contribution >= 4 is 41.8 Å². The fourth-order valence-corrected chi connectivity index (χ4v) is 3.49. The highest BCUT2D eigenvalue weighted by Crippen LogP contribution is 2.38. The first-order valence-corrected chi connectivity index (χ1v) is 8.93. The van der Waals surface area contributed by atoms with E-state index in [1.165, 1.54) is 0 Å². The van der Waals surface area contributed by atoms with Crippen LogP contribution in [0.15, 0.2) is 29.3 Å². The monoisotopic (exact) mass is 487 g/mol. The fraction of sp³-hybridized carbons (Fsp3) is 0.526. The highest BCUT2D eigenvalue weighted by Gasteiger charge is 2.42. The van der Waals surface area contributed by atoms with Gasteiger partial charge < -0.3 is 21.3 Å². The SMILES string of the molecule is CN=C(NCc1cccc(C(N)=O)c1)NCC1(C(=O)N(C)C)CCCC1.I. The number of guanidine groups is 1. The molecule has 1 aliphatic carbocycles. The molecule has 2 amide bonds. The number of hydrogen-bond acceptors (Lipinski definition) is 3. The Morgan fingerprint density at radius 1 is 1.22 bits per heavy atom. The molecule has 0 atom stereocenters. The van der Waals surface area contributed by atoms with Gasteiger partial charge in [-0.15, -0.1) is 24.0 Å². The Kier molecular flexibility index (Phi) is 9.01. The standard InChI is InChI=1S/C19H29N5O2.HI/c1-21-18(22-12-14-7-6-8-15(11-14)16(20)25)23-13-19(9-4-5-10-19)17(26)24(2)3;/h6-8,11H,4-5,9-10,12-13H2,1-3H3,(H2,20,25)(H2,21,22,23);1H. The molecule has 1 fully saturated rings. The van der Waals surface area contributed by atoms with Crippen LogP contribution in [0.1, 0.15) is 41.6 Å². The number of aliphatic imine (C=N–C) groups is 1. The summed E-state index contributed by atoms with van der Waals surface area (Å²) < 4.78 is 0. The molecule has 2 rings (SSSR count). The second-order valence-electron chi connectivity index (χ2n) is 7.03. The van der Waals surface area contributed by atoms with Crippen molar-refractivity contribution in [1.82, 2.24) is 15.5 Å². The van der Waals surface area contributed by atoms with Gasteiger partial charge in [0.2, 0.25) is 11.8 Å². The van der Waals surface area contributed by atoms with Crippen LogP contribution >= 0.6 is 24.0 Å². The maximum Gasteiger partial charge on any atom is 0.248 e. The number of amides is 2. The van der Waals surface area contributed by atoms with Crippen molar-refractivity contribution in [2.24, 2.45) is 16.1 Å². The summed E-state index contributed by atoms with van der Waals surface area (Å²) in [6.07, 6.45) is 3.95. The Morgan fingerprint density at radius 3 is 2.44 bits per heavy atom. The third-order valence-electron chi connectivity index (χ3n) is 4.91. The van der Waals surface area contributed by atoms with Gasteiger partial charge in [0.15, 0.2) is 5.96 Å². The van der Waals surface area contributed by atoms with Gasteiger partial charge in [-0.1, -0.05) is 25.0 Å². The lowest BCUT2D eigenvalue weighted by molar-refractivity contribution is -0.138. The van der Waals surface area contributed by atoms with E-state index < -0.39 is 5.91 Å². The molecule has 8 heteroatoms. The first-order chi connectivity index (χ1) is 12.4. The number of benzene rings is 1. The zero-order valence-corrected chi connectivity index (χ0v) is 18.6. The maximum atomic E-state index is 12.6. The Labute approximate surface area is 178 Å². The topological polar surface area (TPSA) is 99.8 Å². The summed E-state index contributed by atoms with van der Waals surface area (Å²) in [6, 6.07) is 7.17. The summed E-state index contributed by atoms with van der Waals surface area (Å²) in [7, 11) is 5.31. The zero-order chi connectivity index (χ0) is 19.2. The molecule has 0 aromatic heterocycles. The molecule has 1 aromatic carbocycles. The van der Waals surface area contributed by atoms with E-state index in [9.17, 15) is 9.59 Å². The van der Waals surface area contributed by atoms with Crippen LogP contribution in [0.5, 0.6) is 0 Å². The molecule has 1 aliphatic rings. The Balaban J connectivity index is 0.00000364. The number of halogens is 1. The van der Waals surface area contributed by atoms with Crippen LogP contribution in [0.4, 0.5) is 0 Å². The number of carbonyl (C=O) groups excluding carboxylic acids is 2. The maximum absolute atomic E-state index is 12.6. The number of primary amides is 1. The van der Waals surface area contributed by atoms with E-state index in [1.54, 1.807) is 44.2 Å². The van der Waals surface area contributed by atoms with Crippen molar-refractivity contribution in [3.63, 3.8) is 0 Å². The molecule has 7 nitrogen and oxygen atoms in total. The van der Waals surface area contributed by atoms with Crippen molar-refractivity contribution in [3.8, 4) is 0 Å². The molecule has 0 heterocycles. The molecular weight excluding hydrogens is 457 g/mol. The molecule has 0 saturated heterocycles. The molecule has 150 valence electrons. The summed E-state index contributed by atoms with van der Waals surface area (Å²) >= 11 is 0. The lowest BCUT2D eigenvalue weighted by Crippen LogP contribution is -2.49. The molecule has 27 heavy (non-hydrogen) atoms. The highest BCUT2D eigenvalue weighted by molar-refractivity contribution is 14.0. The van der Waals surface area contributed by atoms with E-state index in [4.69, 9.17) is 5.73 Å². The minimum absolute atomic E-state index is 0. The Morgan fingerprint density at radius 2 is 1.89 bits per heavy atom. The summed E-state index contributed by atoms with van der Waals surface area (Å²) in [5, 5.41) is 6.52. The van der Waals surface area contributed by atoms with Crippen LogP contribution in [0.25, 0.3) is 0 Å². The summed E-state index contributed by atoms with van der Waals surface area (Å²) in [4.78, 5) is 29.8. The molecule has 0 radical (unpaired) electrons. The minimum Gasteiger partial charge on any atom is -0.366 e. The number of nitrogens with zero attached hydrogens (tertiary/aromatic N) is 2. The highest BCUT2D eigenvalue weighted by atomic mass is 127. The van der Waals surface area contributed by atoms with E-state index >= 15 is 0 Å². The van der Waals surface area contributed by atoms with Crippen molar-refractivity contribution in [3.05, 3.63) is 35.4 Å². The van der Waals surface area contributed by atoms with Gasteiger partial charge in [0.25, 0.3) is 0 Å². The van der Waals surface area contributed by atoms with Gasteiger partial charge in [-0.25, -0.2) is 0 Å². The smallest absolute Gasteiger partial charge is 0.248 e. The quantitative estimate of drug-likeness (QED) is 0.323. The van der Waals surface area contributed by atoms with Gasteiger partial charge in [0, 0.05) is 39.8 Å². The number of nitrogens with one attached hydrogen (secondary N) is 2. The molecule has 1 aromatic rings. The van der Waals surface area contributed by atoms with E-state index in [1.807, 2.05) is 6.07 Å². The number of hydrogen-bond donors (Lipinski definition) is 3. The van der Waals surface area contributed by atoms with Crippen LogP contribution < -0.4 is 16.4 Å². The molecule has 4 N–H and O–H groups in total. The van der Waals surface area contributed by atoms with Crippen LogP contribution in [0, 0.1) is 5.41 Å². The second kappa shape index (κ2) is 10.5. The van der Waals surface area contributed by atoms with E-state index in [0.717, 1.165) is 31.2 Å². The number of carbonyl (C=O) groups is 2. The number of rotatable bonds is 6. The van der Waals surface area contributed by atoms with Crippen molar-refractivity contribution in [1.29, 1.82) is 0 Å². The Hall–Kier alpha value is -1.84. The van der Waals surface area contributed by atoms with Gasteiger partial charge in [-0.05, 0) is 30.5 Å². The predicted octanol–water partition coefficient (Wildman–Crippen LogP) is 1.72. The molecular formula is C19H30IN5O2. The van der Waals surface area contributed by atoms with Crippen LogP contribution in [-0.4, -0.2) is 50.4 Å². The normalized spacial score (nSPS) is 15.6. The zero-order valence-electron chi connectivity index (χ0n) is 16.2. The largest absolute Gasteiger partial charge is 0.366 e. The van der Waals surface area contributed by atoms with Gasteiger partial charge >= 0.3 is 0 Å². The van der Waals surface area contributed by atoms with E-state index in [0.29, 0.717) is 24.6 Å². The molecule has 0 unspecified atom stereocenters. The Bertz CT molecular complexity index is 684. The summed E-state index contributed by atoms with van der Waals surface area (Å²) in [5.74, 6) is 0.360. The van der Waals surface area contributed by atoms with Crippen molar-refractivity contribution in [2.45, 2.75) is 32.2 Å². The third kappa shape index (κ3) is 6.08. The predicted molar refractivity (Wildman–Crippen MR) is 118 cm³/mol. The second-order valence-corrected chi connectivity index (χ2v) is 7.03. The molecule has 0 aliphatic heterocycles. The first-order valence-electron chi connectivity index (χ1n) is 8.93. The third-order valence-corrected chi connectivity index (χ3v) is 4.91. The summed E-state index contributed by atoms with van der Waals surface area (Å²) in [6.45, 7) is 1.07. The van der Waals surface area contributed by atoms with Crippen molar-refractivity contribution < 1.29 is 9.59 Å². The van der Waals surface area contributed by atoms with Crippen molar-refractivity contribution in [2.75, 3.05) is 27.7 Å². The lowest BCUT2D eigenvalue weighted by atomic mass is 9.84. The van der Waals surface area contributed by atoms with Crippen LogP contribution in [-0.2, 0) is 11.3 Å². The molecule has 0 bridgehead atoms. The van der Waals surface area contributed by atoms with Crippen LogP contribution in [0.3, 0.4) is 0 Å². The van der Waals surface area contributed by atoms with E-state index in [-0.39, 0.29) is 35.3 Å². The fourth-order valence-electron chi connectivity index (χ4n) is 3.49. The minimum atomic E-state index is -0.445. The lowest BCUT2D eigenvalue weighted by Gasteiger charge is -2.31. The van der Waals surface area contributed by atoms with E-state index in [2.05, 4.69) is 15.6 Å². The van der Waals surface area contributed by atoms with Gasteiger partial charge in [0.05, 0.1) is 5.41 Å². The summed E-state index contributed by atoms with van der Waals surface area (Å²) in [5.41, 5.74) is 6.38. The first kappa shape index (κ1) is 23.2. The van der Waals surface area contributed by atoms with Crippen LogP contribution in [0.2, 0.25) is 0 Å². The van der Waals surface area contributed by atoms with Gasteiger partial charge in [0.1, 0.15) is 0 Å². The average Bonchev–Trinajstić information content (AvgIpc) is 3.11. The van der Waals surface area contributed by atoms with Gasteiger partial charge in [-0.3, -0.25) is 14.6 Å². The number of nitrogens with two attached hydrogens (primary N) is 1. The molecule has 1 saturated carbocycles.